The van der Waals surface area contributed by atoms with Gasteiger partial charge in [0.25, 0.3) is 0 Å². The molecule has 0 aromatic heterocycles. The first kappa shape index (κ1) is 21.2. The summed E-state index contributed by atoms with van der Waals surface area (Å²) in [5, 5.41) is 11.6. The Morgan fingerprint density at radius 3 is 2.48 bits per heavy atom. The van der Waals surface area contributed by atoms with Crippen LogP contribution in [0.5, 0.6) is 0 Å². The van der Waals surface area contributed by atoms with E-state index in [2.05, 4.69) is 5.32 Å². The summed E-state index contributed by atoms with van der Waals surface area (Å²) in [4.78, 5) is 24.7. The molecule has 1 aliphatic rings. The fraction of sp³-hybridized carbons (Fsp3) is 0.556. The molecule has 9 heteroatoms. The van der Waals surface area contributed by atoms with Crippen LogP contribution in [0, 0.1) is 12.8 Å². The highest BCUT2D eigenvalue weighted by Crippen LogP contribution is 2.25. The number of sulfonamides is 1. The van der Waals surface area contributed by atoms with E-state index in [4.69, 9.17) is 5.11 Å². The maximum Gasteiger partial charge on any atom is 0.321 e. The molecular formula is C18H27N3O5S. The van der Waals surface area contributed by atoms with Crippen molar-refractivity contribution in [2.75, 3.05) is 32.0 Å². The molecule has 1 aromatic rings. The lowest BCUT2D eigenvalue weighted by atomic mass is 10.2. The molecular weight excluding hydrogens is 370 g/mol. The van der Waals surface area contributed by atoms with Gasteiger partial charge in [-0.25, -0.2) is 13.2 Å². The van der Waals surface area contributed by atoms with Crippen molar-refractivity contribution in [1.29, 1.82) is 0 Å². The third kappa shape index (κ3) is 5.20. The molecule has 0 spiro atoms. The fourth-order valence-corrected chi connectivity index (χ4v) is 4.48. The van der Waals surface area contributed by atoms with Gasteiger partial charge in [0, 0.05) is 32.4 Å². The molecule has 150 valence electrons. The number of carbonyl (C=O) groups excluding carboxylic acids is 1. The minimum Gasteiger partial charge on any atom is -0.481 e. The number of nitrogens with one attached hydrogen (secondary N) is 1. The zero-order chi connectivity index (χ0) is 20.2. The Morgan fingerprint density at radius 1 is 1.26 bits per heavy atom. The van der Waals surface area contributed by atoms with Crippen LogP contribution in [-0.2, 0) is 14.8 Å². The van der Waals surface area contributed by atoms with Gasteiger partial charge in [-0.3, -0.25) is 4.79 Å². The number of piperidine rings is 1. The van der Waals surface area contributed by atoms with Crippen LogP contribution in [-0.4, -0.2) is 61.4 Å². The number of carboxylic acid groups (broad SMARTS) is 1. The van der Waals surface area contributed by atoms with E-state index in [1.54, 1.807) is 19.1 Å². The van der Waals surface area contributed by atoms with Crippen LogP contribution in [0.2, 0.25) is 0 Å². The van der Waals surface area contributed by atoms with Gasteiger partial charge in [0.05, 0.1) is 10.8 Å². The summed E-state index contributed by atoms with van der Waals surface area (Å²) in [6.45, 7) is 4.35. The fourth-order valence-electron chi connectivity index (χ4n) is 2.93. The van der Waals surface area contributed by atoms with E-state index >= 15 is 0 Å². The molecule has 1 atom stereocenters. The molecule has 2 rings (SSSR count). The molecule has 0 radical (unpaired) electrons. The first-order valence-electron chi connectivity index (χ1n) is 8.98. The van der Waals surface area contributed by atoms with Gasteiger partial charge in [0.2, 0.25) is 10.0 Å². The number of benzene rings is 1. The number of amides is 2. The van der Waals surface area contributed by atoms with Crippen LogP contribution >= 0.6 is 0 Å². The molecule has 1 aromatic carbocycles. The minimum absolute atomic E-state index is 0.0476. The summed E-state index contributed by atoms with van der Waals surface area (Å²) in [5.74, 6) is -1.69. The van der Waals surface area contributed by atoms with Crippen LogP contribution in [0.25, 0.3) is 0 Å². The SMILES string of the molecule is Cc1ccc(S(=O)(=O)N2CCCCC2)cc1NC(=O)N(C)CC(C)C(=O)O. The number of aryl methyl sites for hydroxylation is 1. The quantitative estimate of drug-likeness (QED) is 0.766. The van der Waals surface area contributed by atoms with Crippen molar-refractivity contribution in [3.05, 3.63) is 23.8 Å². The van der Waals surface area contributed by atoms with E-state index in [-0.39, 0.29) is 11.4 Å². The molecule has 1 aliphatic heterocycles. The standard InChI is InChI=1S/C18H27N3O5S/c1-13-7-8-15(27(25,26)21-9-5-4-6-10-21)11-16(13)19-18(24)20(3)12-14(2)17(22)23/h7-8,11,14H,4-6,9-10,12H2,1-3H3,(H,19,24)(H,22,23). The van der Waals surface area contributed by atoms with E-state index in [0.29, 0.717) is 18.8 Å². The largest absolute Gasteiger partial charge is 0.481 e. The summed E-state index contributed by atoms with van der Waals surface area (Å²) >= 11 is 0. The topological polar surface area (TPSA) is 107 Å². The highest BCUT2D eigenvalue weighted by molar-refractivity contribution is 7.89. The van der Waals surface area contributed by atoms with E-state index < -0.39 is 27.9 Å². The number of nitrogens with zero attached hydrogens (tertiary/aromatic N) is 2. The first-order valence-corrected chi connectivity index (χ1v) is 10.4. The Kier molecular flexibility index (Phi) is 6.83. The second kappa shape index (κ2) is 8.71. The van der Waals surface area contributed by atoms with Crippen LogP contribution in [0.4, 0.5) is 10.5 Å². The number of hydrogen-bond acceptors (Lipinski definition) is 4. The van der Waals surface area contributed by atoms with Gasteiger partial charge in [-0.1, -0.05) is 19.4 Å². The molecule has 0 saturated carbocycles. The highest BCUT2D eigenvalue weighted by Gasteiger charge is 2.26. The maximum atomic E-state index is 12.8. The predicted octanol–water partition coefficient (Wildman–Crippen LogP) is 2.35. The number of rotatable bonds is 6. The molecule has 1 heterocycles. The van der Waals surface area contributed by atoms with E-state index in [0.717, 1.165) is 24.8 Å². The second-order valence-electron chi connectivity index (χ2n) is 6.99. The molecule has 2 N–H and O–H groups in total. The zero-order valence-corrected chi connectivity index (χ0v) is 16.8. The summed E-state index contributed by atoms with van der Waals surface area (Å²) in [6.07, 6.45) is 2.73. The van der Waals surface area contributed by atoms with Crippen LogP contribution in [0.1, 0.15) is 31.7 Å². The molecule has 8 nitrogen and oxygen atoms in total. The Hall–Kier alpha value is -2.13. The smallest absolute Gasteiger partial charge is 0.321 e. The predicted molar refractivity (Wildman–Crippen MR) is 102 cm³/mol. The van der Waals surface area contributed by atoms with Crippen LogP contribution in [0.15, 0.2) is 23.1 Å². The number of urea groups is 1. The lowest BCUT2D eigenvalue weighted by Crippen LogP contribution is -2.37. The summed E-state index contributed by atoms with van der Waals surface area (Å²) in [6, 6.07) is 4.18. The van der Waals surface area contributed by atoms with Crippen molar-refractivity contribution in [1.82, 2.24) is 9.21 Å². The third-order valence-electron chi connectivity index (χ3n) is 4.72. The van der Waals surface area contributed by atoms with Crippen molar-refractivity contribution >= 4 is 27.7 Å². The highest BCUT2D eigenvalue weighted by atomic mass is 32.2. The lowest BCUT2D eigenvalue weighted by molar-refractivity contribution is -0.141. The number of carbonyl (C=O) groups is 2. The number of carboxylic acids is 1. The van der Waals surface area contributed by atoms with Crippen molar-refractivity contribution in [2.24, 2.45) is 5.92 Å². The zero-order valence-electron chi connectivity index (χ0n) is 15.9. The number of hydrogen-bond donors (Lipinski definition) is 2. The molecule has 27 heavy (non-hydrogen) atoms. The van der Waals surface area contributed by atoms with Gasteiger partial charge in [0.15, 0.2) is 0 Å². The van der Waals surface area contributed by atoms with Crippen molar-refractivity contribution in [2.45, 2.75) is 38.0 Å². The number of aliphatic carboxylic acids is 1. The normalized spacial score (nSPS) is 16.6. The van der Waals surface area contributed by atoms with E-state index in [1.807, 2.05) is 0 Å². The summed E-state index contributed by atoms with van der Waals surface area (Å²) < 4.78 is 27.1. The van der Waals surface area contributed by atoms with E-state index in [1.165, 1.54) is 29.2 Å². The van der Waals surface area contributed by atoms with Crippen molar-refractivity contribution < 1.29 is 23.1 Å². The Morgan fingerprint density at radius 2 is 1.89 bits per heavy atom. The van der Waals surface area contributed by atoms with Gasteiger partial charge >= 0.3 is 12.0 Å². The Labute approximate surface area is 160 Å². The third-order valence-corrected chi connectivity index (χ3v) is 6.61. The molecule has 0 bridgehead atoms. The Bertz CT molecular complexity index is 803. The molecule has 1 unspecified atom stereocenters. The van der Waals surface area contributed by atoms with Crippen LogP contribution in [0.3, 0.4) is 0 Å². The minimum atomic E-state index is -3.60. The van der Waals surface area contributed by atoms with Gasteiger partial charge < -0.3 is 15.3 Å². The summed E-state index contributed by atoms with van der Waals surface area (Å²) in [5.41, 5.74) is 1.12. The van der Waals surface area contributed by atoms with Gasteiger partial charge in [-0.2, -0.15) is 4.31 Å². The molecule has 1 fully saturated rings. The molecule has 1 saturated heterocycles. The van der Waals surface area contributed by atoms with Crippen LogP contribution < -0.4 is 5.32 Å². The number of anilines is 1. The van der Waals surface area contributed by atoms with Gasteiger partial charge in [-0.05, 0) is 37.5 Å². The first-order chi connectivity index (χ1) is 12.6. The second-order valence-corrected chi connectivity index (χ2v) is 8.93. The molecule has 2 amide bonds. The average Bonchev–Trinajstić information content (AvgIpc) is 2.63. The summed E-state index contributed by atoms with van der Waals surface area (Å²) in [7, 11) is -2.10. The van der Waals surface area contributed by atoms with Crippen molar-refractivity contribution in [3.8, 4) is 0 Å². The van der Waals surface area contributed by atoms with E-state index in [9.17, 15) is 18.0 Å². The molecule has 0 aliphatic carbocycles. The van der Waals surface area contributed by atoms with Gasteiger partial charge in [0.1, 0.15) is 0 Å². The Balaban J connectivity index is 2.17. The monoisotopic (exact) mass is 397 g/mol. The van der Waals surface area contributed by atoms with Crippen molar-refractivity contribution in [3.63, 3.8) is 0 Å². The average molecular weight is 397 g/mol. The maximum absolute atomic E-state index is 12.8. The van der Waals surface area contributed by atoms with Gasteiger partial charge in [-0.15, -0.1) is 0 Å². The lowest BCUT2D eigenvalue weighted by Gasteiger charge is -2.26.